The highest BCUT2D eigenvalue weighted by Crippen LogP contribution is 2.35. The van der Waals surface area contributed by atoms with Crippen molar-refractivity contribution in [1.29, 1.82) is 0 Å². The third-order valence-corrected chi connectivity index (χ3v) is 3.77. The van der Waals surface area contributed by atoms with Crippen LogP contribution in [0.5, 0.6) is 0 Å². The van der Waals surface area contributed by atoms with Gasteiger partial charge >= 0.3 is 0 Å². The maximum absolute atomic E-state index is 8.99. The maximum Gasteiger partial charge on any atom is 0.0781 e. The van der Waals surface area contributed by atoms with Crippen molar-refractivity contribution < 1.29 is 10.2 Å². The first kappa shape index (κ1) is 15.0. The highest BCUT2D eigenvalue weighted by atomic mass is 35.5. The largest absolute Gasteiger partial charge is 0.395 e. The molecule has 0 fully saturated rings. The molecule has 0 aromatic heterocycles. The lowest BCUT2D eigenvalue weighted by atomic mass is 10.1. The van der Waals surface area contributed by atoms with E-state index in [1.807, 2.05) is 6.92 Å². The molecule has 1 atom stereocenters. The van der Waals surface area contributed by atoms with Crippen molar-refractivity contribution in [2.45, 2.75) is 19.0 Å². The van der Waals surface area contributed by atoms with Gasteiger partial charge in [-0.1, -0.05) is 40.9 Å². The fourth-order valence-corrected chi connectivity index (χ4v) is 2.19. The lowest BCUT2D eigenvalue weighted by Crippen LogP contribution is -2.37. The van der Waals surface area contributed by atoms with Crippen LogP contribution >= 0.6 is 34.8 Å². The second-order valence-electron chi connectivity index (χ2n) is 3.72. The molecule has 0 heterocycles. The number of aliphatic hydroxyl groups is 2. The molecule has 3 nitrogen and oxygen atoms in total. The Balaban J connectivity index is 2.89. The Morgan fingerprint density at radius 1 is 1.12 bits per heavy atom. The van der Waals surface area contributed by atoms with Crippen LogP contribution in [-0.4, -0.2) is 29.5 Å². The summed E-state index contributed by atoms with van der Waals surface area (Å²) in [6.07, 6.45) is 0. The summed E-state index contributed by atoms with van der Waals surface area (Å²) in [6, 6.07) is 2.88. The van der Waals surface area contributed by atoms with E-state index in [-0.39, 0.29) is 19.3 Å². The first-order valence-electron chi connectivity index (χ1n) is 5.12. The van der Waals surface area contributed by atoms with Gasteiger partial charge in [0, 0.05) is 6.04 Å². The van der Waals surface area contributed by atoms with E-state index in [2.05, 4.69) is 5.32 Å². The van der Waals surface area contributed by atoms with Gasteiger partial charge < -0.3 is 15.5 Å². The van der Waals surface area contributed by atoms with Crippen LogP contribution in [0.25, 0.3) is 0 Å². The molecule has 0 saturated heterocycles. The van der Waals surface area contributed by atoms with Gasteiger partial charge in [-0.25, -0.2) is 0 Å². The predicted molar refractivity (Wildman–Crippen MR) is 71.0 cm³/mol. The molecule has 1 unspecified atom stereocenters. The minimum atomic E-state index is -0.393. The molecule has 0 saturated carbocycles. The molecule has 96 valence electrons. The highest BCUT2D eigenvalue weighted by Gasteiger charge is 2.17. The molecule has 0 aliphatic carbocycles. The van der Waals surface area contributed by atoms with Gasteiger partial charge in [-0.3, -0.25) is 0 Å². The molecule has 0 aliphatic heterocycles. The molecular formula is C11H14Cl3NO2. The zero-order valence-electron chi connectivity index (χ0n) is 9.25. The van der Waals surface area contributed by atoms with E-state index in [1.165, 1.54) is 0 Å². The van der Waals surface area contributed by atoms with E-state index < -0.39 is 6.04 Å². The molecule has 6 heteroatoms. The van der Waals surface area contributed by atoms with Crippen molar-refractivity contribution in [3.05, 3.63) is 32.8 Å². The quantitative estimate of drug-likeness (QED) is 0.733. The second kappa shape index (κ2) is 6.78. The molecule has 17 heavy (non-hydrogen) atoms. The van der Waals surface area contributed by atoms with Gasteiger partial charge in [-0.2, -0.15) is 0 Å². The molecule has 1 rings (SSSR count). The summed E-state index contributed by atoms with van der Waals surface area (Å²) in [7, 11) is 0. The van der Waals surface area contributed by atoms with Gasteiger partial charge in [-0.15, -0.1) is 0 Å². The Morgan fingerprint density at radius 2 is 1.71 bits per heavy atom. The van der Waals surface area contributed by atoms with Crippen molar-refractivity contribution in [3.63, 3.8) is 0 Å². The summed E-state index contributed by atoms with van der Waals surface area (Å²) in [6.45, 7) is 1.56. The summed E-state index contributed by atoms with van der Waals surface area (Å²) in [4.78, 5) is 0. The molecule has 3 N–H and O–H groups in total. The standard InChI is InChI=1S/C11H14Cl3NO2/c1-6(15-7(4-16)5-17)8-2-3-9(12)11(14)10(8)13/h2-3,6-7,15-17H,4-5H2,1H3. The molecule has 0 spiro atoms. The number of hydrogen-bond acceptors (Lipinski definition) is 3. The maximum atomic E-state index is 8.99. The Kier molecular flexibility index (Phi) is 6.00. The molecule has 0 radical (unpaired) electrons. The van der Waals surface area contributed by atoms with Gasteiger partial charge in [0.1, 0.15) is 0 Å². The van der Waals surface area contributed by atoms with Gasteiger partial charge in [-0.05, 0) is 18.6 Å². The van der Waals surface area contributed by atoms with Crippen molar-refractivity contribution in [2.24, 2.45) is 0 Å². The van der Waals surface area contributed by atoms with Crippen LogP contribution in [0.3, 0.4) is 0 Å². The Hall–Kier alpha value is -0.0300. The first-order valence-corrected chi connectivity index (χ1v) is 6.25. The molecule has 1 aromatic carbocycles. The Morgan fingerprint density at radius 3 is 2.24 bits per heavy atom. The van der Waals surface area contributed by atoms with Crippen LogP contribution < -0.4 is 5.32 Å². The monoisotopic (exact) mass is 297 g/mol. The summed E-state index contributed by atoms with van der Waals surface area (Å²) < 4.78 is 0. The number of hydrogen-bond donors (Lipinski definition) is 3. The molecule has 0 amide bonds. The number of rotatable bonds is 5. The fourth-order valence-electron chi connectivity index (χ4n) is 1.48. The van der Waals surface area contributed by atoms with E-state index in [0.29, 0.717) is 15.1 Å². The second-order valence-corrected chi connectivity index (χ2v) is 4.88. The topological polar surface area (TPSA) is 52.5 Å². The minimum Gasteiger partial charge on any atom is -0.395 e. The lowest BCUT2D eigenvalue weighted by molar-refractivity contribution is 0.163. The zero-order valence-corrected chi connectivity index (χ0v) is 11.5. The van der Waals surface area contributed by atoms with Crippen LogP contribution in [-0.2, 0) is 0 Å². The number of halogens is 3. The third-order valence-electron chi connectivity index (χ3n) is 2.46. The average Bonchev–Trinajstić information content (AvgIpc) is 2.32. The van der Waals surface area contributed by atoms with Crippen molar-refractivity contribution in [1.82, 2.24) is 5.32 Å². The van der Waals surface area contributed by atoms with Crippen LogP contribution in [0.15, 0.2) is 12.1 Å². The Bertz CT molecular complexity index is 383. The van der Waals surface area contributed by atoms with E-state index in [4.69, 9.17) is 45.0 Å². The number of nitrogens with one attached hydrogen (secondary N) is 1. The van der Waals surface area contributed by atoms with E-state index in [9.17, 15) is 0 Å². The van der Waals surface area contributed by atoms with Gasteiger partial charge in [0.15, 0.2) is 0 Å². The van der Waals surface area contributed by atoms with Gasteiger partial charge in [0.05, 0.1) is 34.3 Å². The number of benzene rings is 1. The van der Waals surface area contributed by atoms with Gasteiger partial charge in [0.2, 0.25) is 0 Å². The van der Waals surface area contributed by atoms with Crippen molar-refractivity contribution in [3.8, 4) is 0 Å². The zero-order chi connectivity index (χ0) is 13.0. The number of aliphatic hydroxyl groups excluding tert-OH is 2. The van der Waals surface area contributed by atoms with Crippen LogP contribution in [0.2, 0.25) is 15.1 Å². The van der Waals surface area contributed by atoms with Gasteiger partial charge in [0.25, 0.3) is 0 Å². The smallest absolute Gasteiger partial charge is 0.0781 e. The SMILES string of the molecule is CC(NC(CO)CO)c1ccc(Cl)c(Cl)c1Cl. The van der Waals surface area contributed by atoms with Crippen molar-refractivity contribution in [2.75, 3.05) is 13.2 Å². The van der Waals surface area contributed by atoms with E-state index >= 15 is 0 Å². The molecule has 0 aliphatic rings. The molecular weight excluding hydrogens is 284 g/mol. The normalized spacial score (nSPS) is 13.1. The van der Waals surface area contributed by atoms with Crippen LogP contribution in [0, 0.1) is 0 Å². The lowest BCUT2D eigenvalue weighted by Gasteiger charge is -2.21. The summed E-state index contributed by atoms with van der Waals surface area (Å²) in [5, 5.41) is 22.1. The highest BCUT2D eigenvalue weighted by molar-refractivity contribution is 6.48. The first-order chi connectivity index (χ1) is 8.01. The summed E-state index contributed by atoms with van der Waals surface area (Å²) in [5.74, 6) is 0. The fraction of sp³-hybridized carbons (Fsp3) is 0.455. The van der Waals surface area contributed by atoms with Crippen LogP contribution in [0.4, 0.5) is 0 Å². The van der Waals surface area contributed by atoms with Crippen molar-refractivity contribution >= 4 is 34.8 Å². The van der Waals surface area contributed by atoms with E-state index in [1.54, 1.807) is 12.1 Å². The predicted octanol–water partition coefficient (Wildman–Crippen LogP) is 2.65. The Labute approximate surface area is 115 Å². The summed E-state index contributed by atoms with van der Waals surface area (Å²) in [5.41, 5.74) is 0.771. The van der Waals surface area contributed by atoms with E-state index in [0.717, 1.165) is 5.56 Å². The molecule has 0 bridgehead atoms. The minimum absolute atomic E-state index is 0.151. The third kappa shape index (κ3) is 3.71. The molecule has 1 aromatic rings. The average molecular weight is 299 g/mol. The van der Waals surface area contributed by atoms with Crippen LogP contribution in [0.1, 0.15) is 18.5 Å². The summed E-state index contributed by atoms with van der Waals surface area (Å²) >= 11 is 17.9.